The second-order valence-corrected chi connectivity index (χ2v) is 9.87. The van der Waals surface area contributed by atoms with Crippen LogP contribution in [0.15, 0.2) is 18.2 Å². The van der Waals surface area contributed by atoms with E-state index >= 15 is 0 Å². The van der Waals surface area contributed by atoms with Crippen LogP contribution in [0, 0.1) is 17.7 Å². The Hall–Kier alpha value is -2.44. The van der Waals surface area contributed by atoms with Gasteiger partial charge in [0.05, 0.1) is 11.7 Å². The van der Waals surface area contributed by atoms with Crippen molar-refractivity contribution in [1.82, 2.24) is 23.4 Å². The number of aromatic nitrogens is 3. The monoisotopic (exact) mass is 456 g/mol. The third-order valence-electron chi connectivity index (χ3n) is 5.28. The number of hydrogen-bond donors (Lipinski definition) is 1. The molecule has 1 saturated heterocycles. The topological polar surface area (TPSA) is 100 Å². The summed E-state index contributed by atoms with van der Waals surface area (Å²) in [6.07, 6.45) is 1.25. The van der Waals surface area contributed by atoms with Gasteiger partial charge >= 0.3 is 10.2 Å². The molecular weight excluding hydrogens is 430 g/mol. The fourth-order valence-corrected chi connectivity index (χ4v) is 4.52. The van der Waals surface area contributed by atoms with E-state index < -0.39 is 27.9 Å². The molecule has 1 fully saturated rings. The molecule has 12 heteroatoms. The van der Waals surface area contributed by atoms with Crippen LogP contribution in [-0.4, -0.2) is 64.9 Å². The second kappa shape index (κ2) is 8.97. The van der Waals surface area contributed by atoms with Gasteiger partial charge in [0.25, 0.3) is 0 Å². The second-order valence-electron chi connectivity index (χ2n) is 7.90. The molecule has 3 heterocycles. The van der Waals surface area contributed by atoms with Gasteiger partial charge in [0, 0.05) is 45.4 Å². The van der Waals surface area contributed by atoms with Crippen LogP contribution in [0.4, 0.5) is 14.6 Å². The Kier molecular flexibility index (Phi) is 6.72. The number of hydrogen-bond acceptors (Lipinski definition) is 6. The summed E-state index contributed by atoms with van der Waals surface area (Å²) in [7, 11) is -1.16. The Balaban J connectivity index is 1.77. The number of nitrogens with zero attached hydrogens (tertiary/aromatic N) is 5. The number of carbonyl (C=O) groups excluding carboxylic acids is 1. The molecule has 0 saturated carbocycles. The van der Waals surface area contributed by atoms with Crippen LogP contribution in [-0.2, 0) is 21.4 Å². The van der Waals surface area contributed by atoms with Crippen LogP contribution in [0.1, 0.15) is 37.7 Å². The molecule has 170 valence electrons. The summed E-state index contributed by atoms with van der Waals surface area (Å²) in [5.41, 5.74) is 0.857. The molecule has 0 aliphatic carbocycles. The third kappa shape index (κ3) is 5.25. The van der Waals surface area contributed by atoms with Crippen molar-refractivity contribution in [2.45, 2.75) is 32.7 Å². The zero-order valence-electron chi connectivity index (χ0n) is 17.8. The van der Waals surface area contributed by atoms with Crippen molar-refractivity contribution in [3.05, 3.63) is 41.4 Å². The number of halogens is 2. The van der Waals surface area contributed by atoms with Crippen molar-refractivity contribution in [1.29, 1.82) is 0 Å². The SMILES string of the molecule is CC(=O)Nc1cc(C(C)N2CC[C@H](Cc3cc(F)cc(F)n3)C2)nn1S(=O)(=O)N(C)C. The van der Waals surface area contributed by atoms with Crippen LogP contribution >= 0.6 is 0 Å². The molecule has 0 radical (unpaired) electrons. The Labute approximate surface area is 180 Å². The minimum Gasteiger partial charge on any atom is -0.310 e. The van der Waals surface area contributed by atoms with E-state index in [4.69, 9.17) is 0 Å². The lowest BCUT2D eigenvalue weighted by atomic mass is 10.0. The van der Waals surface area contributed by atoms with E-state index in [0.29, 0.717) is 30.9 Å². The molecule has 1 amide bonds. The first-order valence-electron chi connectivity index (χ1n) is 9.84. The lowest BCUT2D eigenvalue weighted by Crippen LogP contribution is -2.31. The van der Waals surface area contributed by atoms with Gasteiger partial charge < -0.3 is 5.32 Å². The van der Waals surface area contributed by atoms with E-state index in [0.717, 1.165) is 20.9 Å². The van der Waals surface area contributed by atoms with Gasteiger partial charge in [0.2, 0.25) is 11.9 Å². The first-order chi connectivity index (χ1) is 14.5. The van der Waals surface area contributed by atoms with E-state index in [2.05, 4.69) is 20.3 Å². The first kappa shape index (κ1) is 23.2. The van der Waals surface area contributed by atoms with Crippen LogP contribution in [0.5, 0.6) is 0 Å². The number of amides is 1. The van der Waals surface area contributed by atoms with Gasteiger partial charge in [-0.25, -0.2) is 9.37 Å². The number of anilines is 1. The quantitative estimate of drug-likeness (QED) is 0.638. The molecule has 3 rings (SSSR count). The van der Waals surface area contributed by atoms with Gasteiger partial charge in [0.15, 0.2) is 0 Å². The summed E-state index contributed by atoms with van der Waals surface area (Å²) in [4.78, 5) is 17.4. The fourth-order valence-electron chi connectivity index (χ4n) is 3.67. The van der Waals surface area contributed by atoms with Crippen LogP contribution in [0.2, 0.25) is 0 Å². The highest BCUT2D eigenvalue weighted by Gasteiger charge is 2.31. The van der Waals surface area contributed by atoms with Crippen LogP contribution < -0.4 is 5.32 Å². The zero-order valence-corrected chi connectivity index (χ0v) is 18.7. The van der Waals surface area contributed by atoms with Crippen molar-refractivity contribution >= 4 is 21.9 Å². The molecule has 2 aromatic heterocycles. The van der Waals surface area contributed by atoms with Gasteiger partial charge in [-0.3, -0.25) is 9.69 Å². The molecule has 1 N–H and O–H groups in total. The lowest BCUT2D eigenvalue weighted by molar-refractivity contribution is -0.114. The normalized spacial score (nSPS) is 18.5. The van der Waals surface area contributed by atoms with Crippen LogP contribution in [0.3, 0.4) is 0 Å². The number of likely N-dealkylation sites (tertiary alicyclic amines) is 1. The van der Waals surface area contributed by atoms with Gasteiger partial charge in [-0.1, -0.05) is 0 Å². The average molecular weight is 457 g/mol. The summed E-state index contributed by atoms with van der Waals surface area (Å²) in [6, 6.07) is 3.30. The summed E-state index contributed by atoms with van der Waals surface area (Å²) >= 11 is 0. The highest BCUT2D eigenvalue weighted by atomic mass is 32.2. The molecular formula is C19H26F2N6O3S. The number of carbonyl (C=O) groups is 1. The maximum Gasteiger partial charge on any atom is 0.324 e. The van der Waals surface area contributed by atoms with Crippen molar-refractivity contribution in [3.8, 4) is 0 Å². The Bertz CT molecular complexity index is 1050. The number of rotatable bonds is 7. The molecule has 31 heavy (non-hydrogen) atoms. The van der Waals surface area contributed by atoms with Crippen LogP contribution in [0.25, 0.3) is 0 Å². The van der Waals surface area contributed by atoms with E-state index in [-0.39, 0.29) is 17.8 Å². The fraction of sp³-hybridized carbons (Fsp3) is 0.526. The minimum atomic E-state index is -3.92. The largest absolute Gasteiger partial charge is 0.324 e. The van der Waals surface area contributed by atoms with Crippen molar-refractivity contribution in [2.24, 2.45) is 5.92 Å². The molecule has 1 aliphatic rings. The molecule has 2 atom stereocenters. The smallest absolute Gasteiger partial charge is 0.310 e. The van der Waals surface area contributed by atoms with E-state index in [1.807, 2.05) is 6.92 Å². The highest BCUT2D eigenvalue weighted by Crippen LogP contribution is 2.30. The Morgan fingerprint density at radius 2 is 2.03 bits per heavy atom. The van der Waals surface area contributed by atoms with Crippen molar-refractivity contribution in [3.63, 3.8) is 0 Å². The summed E-state index contributed by atoms with van der Waals surface area (Å²) in [6.45, 7) is 4.54. The Morgan fingerprint density at radius 1 is 1.32 bits per heavy atom. The predicted molar refractivity (Wildman–Crippen MR) is 110 cm³/mol. The standard InChI is InChI=1S/C19H26F2N6O3S/c1-12(17-10-19(22-13(2)28)27(24-17)31(29,30)25(3)4)26-6-5-14(11-26)7-16-8-15(20)9-18(21)23-16/h8-10,12,14H,5-7,11H2,1-4H3,(H,22,28)/t12?,14-/m1/s1. The molecule has 9 nitrogen and oxygen atoms in total. The van der Waals surface area contributed by atoms with Gasteiger partial charge in [-0.2, -0.15) is 22.2 Å². The zero-order chi connectivity index (χ0) is 22.9. The maximum absolute atomic E-state index is 13.4. The minimum absolute atomic E-state index is 0.0678. The van der Waals surface area contributed by atoms with Gasteiger partial charge in [-0.05, 0) is 38.3 Å². The number of pyridine rings is 1. The lowest BCUT2D eigenvalue weighted by Gasteiger charge is -2.22. The average Bonchev–Trinajstić information content (AvgIpc) is 3.27. The summed E-state index contributed by atoms with van der Waals surface area (Å²) < 4.78 is 53.8. The molecule has 0 spiro atoms. The molecule has 0 aromatic carbocycles. The van der Waals surface area contributed by atoms with Crippen molar-refractivity contribution in [2.75, 3.05) is 32.5 Å². The maximum atomic E-state index is 13.4. The third-order valence-corrected chi connectivity index (χ3v) is 6.92. The summed E-state index contributed by atoms with van der Waals surface area (Å²) in [5, 5.41) is 6.76. The molecule has 2 aromatic rings. The van der Waals surface area contributed by atoms with Gasteiger partial charge in [-0.15, -0.1) is 4.09 Å². The van der Waals surface area contributed by atoms with E-state index in [9.17, 15) is 22.0 Å². The first-order valence-corrected chi connectivity index (χ1v) is 11.2. The summed E-state index contributed by atoms with van der Waals surface area (Å²) in [5.74, 6) is -1.68. The highest BCUT2D eigenvalue weighted by molar-refractivity contribution is 7.87. The Morgan fingerprint density at radius 3 is 2.65 bits per heavy atom. The van der Waals surface area contributed by atoms with E-state index in [1.54, 1.807) is 6.07 Å². The van der Waals surface area contributed by atoms with Crippen molar-refractivity contribution < 1.29 is 22.0 Å². The molecule has 0 bridgehead atoms. The van der Waals surface area contributed by atoms with E-state index in [1.165, 1.54) is 27.1 Å². The number of nitrogens with one attached hydrogen (secondary N) is 1. The van der Waals surface area contributed by atoms with Gasteiger partial charge in [0.1, 0.15) is 11.6 Å². The molecule has 1 aliphatic heterocycles. The predicted octanol–water partition coefficient (Wildman–Crippen LogP) is 1.79. The molecule has 1 unspecified atom stereocenters.